The number of nitrogens with zero attached hydrogens (tertiary/aromatic N) is 2. The number of anilines is 1. The summed E-state index contributed by atoms with van der Waals surface area (Å²) in [4.78, 5) is 5.72. The maximum absolute atomic E-state index is 5.83. The van der Waals surface area contributed by atoms with E-state index in [4.69, 9.17) is 5.73 Å². The van der Waals surface area contributed by atoms with Crippen LogP contribution in [0.3, 0.4) is 0 Å². The molecule has 19 heavy (non-hydrogen) atoms. The Morgan fingerprint density at radius 1 is 1.26 bits per heavy atom. The molecule has 2 aromatic heterocycles. The summed E-state index contributed by atoms with van der Waals surface area (Å²) in [5, 5.41) is 0.665. The minimum absolute atomic E-state index is 0.665. The van der Waals surface area contributed by atoms with Crippen LogP contribution in [0.2, 0.25) is 0 Å². The molecule has 102 valence electrons. The predicted molar refractivity (Wildman–Crippen MR) is 81.7 cm³/mol. The topological polar surface area (TPSA) is 43.8 Å². The van der Waals surface area contributed by atoms with Crippen LogP contribution in [0.4, 0.5) is 5.13 Å². The number of aromatic nitrogens is 2. The van der Waals surface area contributed by atoms with Crippen molar-refractivity contribution in [3.8, 4) is 11.3 Å². The largest absolute Gasteiger partial charge is 0.375 e. The number of hydrogen-bond donors (Lipinski definition) is 1. The number of rotatable bonds is 2. The maximum Gasteiger partial charge on any atom is 0.180 e. The van der Waals surface area contributed by atoms with Gasteiger partial charge in [-0.3, -0.25) is 0 Å². The first kappa shape index (κ1) is 12.7. The van der Waals surface area contributed by atoms with Crippen molar-refractivity contribution in [2.24, 2.45) is 0 Å². The van der Waals surface area contributed by atoms with Gasteiger partial charge in [0.25, 0.3) is 0 Å². The van der Waals surface area contributed by atoms with Crippen molar-refractivity contribution < 1.29 is 0 Å². The molecule has 1 aliphatic rings. The molecule has 0 aliphatic heterocycles. The summed E-state index contributed by atoms with van der Waals surface area (Å²) in [6, 6.07) is 2.96. The zero-order valence-corrected chi connectivity index (χ0v) is 12.7. The fraction of sp³-hybridized carbons (Fsp3) is 0.533. The molecule has 1 saturated carbocycles. The SMILES string of the molecule is Cc1sc(N)nc1-c1cc(C)n(C2CCCC2)c1C. The first-order chi connectivity index (χ1) is 9.08. The number of hydrogen-bond acceptors (Lipinski definition) is 3. The monoisotopic (exact) mass is 275 g/mol. The van der Waals surface area contributed by atoms with E-state index in [-0.39, 0.29) is 0 Å². The smallest absolute Gasteiger partial charge is 0.180 e. The lowest BCUT2D eigenvalue weighted by molar-refractivity contribution is 0.500. The van der Waals surface area contributed by atoms with Crippen molar-refractivity contribution in [3.05, 3.63) is 22.3 Å². The van der Waals surface area contributed by atoms with E-state index in [9.17, 15) is 0 Å². The number of nitrogen functional groups attached to an aromatic ring is 1. The third-order valence-corrected chi connectivity index (χ3v) is 5.04. The molecule has 0 unspecified atom stereocenters. The van der Waals surface area contributed by atoms with Crippen LogP contribution in [0.15, 0.2) is 6.07 Å². The summed E-state index contributed by atoms with van der Waals surface area (Å²) in [6.07, 6.45) is 5.35. The average molecular weight is 275 g/mol. The number of thiazole rings is 1. The van der Waals surface area contributed by atoms with Crippen LogP contribution in [0.5, 0.6) is 0 Å². The lowest BCUT2D eigenvalue weighted by Gasteiger charge is -2.17. The molecule has 1 aliphatic carbocycles. The van der Waals surface area contributed by atoms with E-state index >= 15 is 0 Å². The number of nitrogens with two attached hydrogens (primary N) is 1. The molecule has 0 aromatic carbocycles. The third kappa shape index (κ3) is 2.08. The summed E-state index contributed by atoms with van der Waals surface area (Å²) in [5.41, 5.74) is 10.9. The first-order valence-electron chi connectivity index (χ1n) is 6.99. The number of aryl methyl sites for hydroxylation is 2. The second kappa shape index (κ2) is 4.67. The molecule has 2 N–H and O–H groups in total. The maximum atomic E-state index is 5.83. The molecule has 0 atom stereocenters. The van der Waals surface area contributed by atoms with E-state index < -0.39 is 0 Å². The fourth-order valence-corrected chi connectivity index (χ4v) is 4.11. The first-order valence-corrected chi connectivity index (χ1v) is 7.81. The standard InChI is InChI=1S/C15H21N3S/c1-9-8-13(14-11(3)19-15(16)17-14)10(2)18(9)12-6-4-5-7-12/h8,12H,4-7H2,1-3H3,(H2,16,17). The molecular weight excluding hydrogens is 254 g/mol. The Kier molecular flexibility index (Phi) is 3.13. The molecule has 3 nitrogen and oxygen atoms in total. The van der Waals surface area contributed by atoms with Gasteiger partial charge in [0.15, 0.2) is 5.13 Å². The molecule has 0 radical (unpaired) electrons. The Balaban J connectivity index is 2.08. The second-order valence-electron chi connectivity index (χ2n) is 5.55. The summed E-state index contributed by atoms with van der Waals surface area (Å²) < 4.78 is 2.51. The summed E-state index contributed by atoms with van der Waals surface area (Å²) >= 11 is 1.58. The molecule has 2 aromatic rings. The van der Waals surface area contributed by atoms with Gasteiger partial charge in [-0.1, -0.05) is 12.8 Å². The zero-order valence-electron chi connectivity index (χ0n) is 11.9. The Bertz CT molecular complexity index is 603. The molecule has 0 spiro atoms. The Hall–Kier alpha value is -1.29. The van der Waals surface area contributed by atoms with Gasteiger partial charge in [-0.2, -0.15) is 0 Å². The lowest BCUT2D eigenvalue weighted by Crippen LogP contribution is -2.08. The van der Waals surface area contributed by atoms with Gasteiger partial charge in [-0.05, 0) is 39.7 Å². The molecule has 0 amide bonds. The van der Waals surface area contributed by atoms with Crippen molar-refractivity contribution >= 4 is 16.5 Å². The summed E-state index contributed by atoms with van der Waals surface area (Å²) in [5.74, 6) is 0. The van der Waals surface area contributed by atoms with Gasteiger partial charge in [0.2, 0.25) is 0 Å². The van der Waals surface area contributed by atoms with E-state index in [1.54, 1.807) is 11.3 Å². The molecule has 0 bridgehead atoms. The van der Waals surface area contributed by atoms with Gasteiger partial charge in [0, 0.05) is 27.9 Å². The van der Waals surface area contributed by atoms with E-state index in [1.165, 1.54) is 47.5 Å². The summed E-state index contributed by atoms with van der Waals surface area (Å²) in [7, 11) is 0. The normalized spacial score (nSPS) is 16.4. The third-order valence-electron chi connectivity index (χ3n) is 4.24. The van der Waals surface area contributed by atoms with E-state index in [1.807, 2.05) is 0 Å². The molecular formula is C15H21N3S. The van der Waals surface area contributed by atoms with Gasteiger partial charge in [-0.15, -0.1) is 11.3 Å². The molecule has 3 rings (SSSR count). The van der Waals surface area contributed by atoms with Gasteiger partial charge in [0.1, 0.15) is 0 Å². The van der Waals surface area contributed by atoms with Crippen LogP contribution in [0, 0.1) is 20.8 Å². The molecule has 4 heteroatoms. The van der Waals surface area contributed by atoms with Crippen LogP contribution in [-0.4, -0.2) is 9.55 Å². The van der Waals surface area contributed by atoms with Gasteiger partial charge >= 0.3 is 0 Å². The second-order valence-corrected chi connectivity index (χ2v) is 6.78. The van der Waals surface area contributed by atoms with Crippen LogP contribution in [0.25, 0.3) is 11.3 Å². The lowest BCUT2D eigenvalue weighted by atomic mass is 10.1. The van der Waals surface area contributed by atoms with Crippen LogP contribution in [-0.2, 0) is 0 Å². The van der Waals surface area contributed by atoms with E-state index in [0.717, 1.165) is 5.69 Å². The van der Waals surface area contributed by atoms with Crippen LogP contribution in [0.1, 0.15) is 48.0 Å². The van der Waals surface area contributed by atoms with Crippen molar-refractivity contribution in [3.63, 3.8) is 0 Å². The zero-order chi connectivity index (χ0) is 13.6. The molecule has 0 saturated heterocycles. The molecule has 2 heterocycles. The van der Waals surface area contributed by atoms with Gasteiger partial charge < -0.3 is 10.3 Å². The van der Waals surface area contributed by atoms with Gasteiger partial charge in [0.05, 0.1) is 5.69 Å². The van der Waals surface area contributed by atoms with E-state index in [0.29, 0.717) is 11.2 Å². The average Bonchev–Trinajstić information content (AvgIpc) is 3.01. The van der Waals surface area contributed by atoms with Gasteiger partial charge in [-0.25, -0.2) is 4.98 Å². The van der Waals surface area contributed by atoms with Crippen molar-refractivity contribution in [2.45, 2.75) is 52.5 Å². The van der Waals surface area contributed by atoms with E-state index in [2.05, 4.69) is 36.4 Å². The minimum atomic E-state index is 0.665. The predicted octanol–water partition coefficient (Wildman–Crippen LogP) is 4.23. The van der Waals surface area contributed by atoms with Crippen molar-refractivity contribution in [1.82, 2.24) is 9.55 Å². The Morgan fingerprint density at radius 3 is 2.53 bits per heavy atom. The highest BCUT2D eigenvalue weighted by atomic mass is 32.1. The minimum Gasteiger partial charge on any atom is -0.375 e. The van der Waals surface area contributed by atoms with Crippen molar-refractivity contribution in [1.29, 1.82) is 0 Å². The van der Waals surface area contributed by atoms with Crippen LogP contribution < -0.4 is 5.73 Å². The Morgan fingerprint density at radius 2 is 1.95 bits per heavy atom. The highest BCUT2D eigenvalue weighted by Gasteiger charge is 2.23. The highest BCUT2D eigenvalue weighted by molar-refractivity contribution is 7.15. The fourth-order valence-electron chi connectivity index (χ4n) is 3.41. The van der Waals surface area contributed by atoms with Crippen LogP contribution >= 0.6 is 11.3 Å². The highest BCUT2D eigenvalue weighted by Crippen LogP contribution is 2.38. The van der Waals surface area contributed by atoms with Crippen molar-refractivity contribution in [2.75, 3.05) is 5.73 Å². The Labute approximate surface area is 118 Å². The summed E-state index contributed by atoms with van der Waals surface area (Å²) in [6.45, 7) is 6.53. The molecule has 1 fully saturated rings. The quantitative estimate of drug-likeness (QED) is 0.891.